The minimum absolute atomic E-state index is 0.0520. The first kappa shape index (κ1) is 17.7. The Bertz CT molecular complexity index is 1030. The number of nitrogens with zero attached hydrogens (tertiary/aromatic N) is 4. The summed E-state index contributed by atoms with van der Waals surface area (Å²) in [5, 5.41) is 4.97. The molecule has 0 saturated heterocycles. The van der Waals surface area contributed by atoms with Gasteiger partial charge in [0, 0.05) is 11.6 Å². The van der Waals surface area contributed by atoms with Crippen LogP contribution in [0.3, 0.4) is 0 Å². The molecule has 5 nitrogen and oxygen atoms in total. The van der Waals surface area contributed by atoms with Crippen LogP contribution in [-0.2, 0) is 6.42 Å². The fourth-order valence-corrected chi connectivity index (χ4v) is 3.60. The standard InChI is InChI=1S/C20H18ClFN4O/c1-12-5-10-17(22)18-16(12)4-3-11-25(18)20(27)19-23-13(2)26(24-19)15-8-6-14(21)7-9-15/h5-10H,3-4,11H2,1-2H3. The van der Waals surface area contributed by atoms with Crippen LogP contribution >= 0.6 is 11.6 Å². The summed E-state index contributed by atoms with van der Waals surface area (Å²) in [6, 6.07) is 10.3. The number of halogens is 2. The molecule has 2 aromatic carbocycles. The molecule has 1 aliphatic heterocycles. The fraction of sp³-hybridized carbons (Fsp3) is 0.250. The number of aryl methyl sites for hydroxylation is 2. The van der Waals surface area contributed by atoms with E-state index in [9.17, 15) is 9.18 Å². The van der Waals surface area contributed by atoms with Gasteiger partial charge in [0.15, 0.2) is 0 Å². The lowest BCUT2D eigenvalue weighted by Crippen LogP contribution is -2.37. The molecular weight excluding hydrogens is 367 g/mol. The molecular formula is C20H18ClFN4O. The maximum Gasteiger partial charge on any atom is 0.298 e. The molecule has 0 atom stereocenters. The zero-order valence-corrected chi connectivity index (χ0v) is 15.8. The van der Waals surface area contributed by atoms with Gasteiger partial charge in [-0.25, -0.2) is 14.1 Å². The predicted molar refractivity (Wildman–Crippen MR) is 102 cm³/mol. The van der Waals surface area contributed by atoms with Crippen LogP contribution in [0, 0.1) is 19.7 Å². The minimum Gasteiger partial charge on any atom is -0.302 e. The topological polar surface area (TPSA) is 51.0 Å². The molecule has 3 aromatic rings. The molecule has 0 bridgehead atoms. The van der Waals surface area contributed by atoms with E-state index in [1.165, 1.54) is 11.0 Å². The van der Waals surface area contributed by atoms with Gasteiger partial charge in [0.05, 0.1) is 11.4 Å². The highest BCUT2D eigenvalue weighted by Crippen LogP contribution is 2.33. The fourth-order valence-electron chi connectivity index (χ4n) is 3.47. The molecule has 1 aliphatic rings. The van der Waals surface area contributed by atoms with Gasteiger partial charge in [-0.1, -0.05) is 17.7 Å². The van der Waals surface area contributed by atoms with E-state index in [-0.39, 0.29) is 5.82 Å². The highest BCUT2D eigenvalue weighted by Gasteiger charge is 2.30. The van der Waals surface area contributed by atoms with Crippen molar-refractivity contribution in [1.29, 1.82) is 0 Å². The molecule has 27 heavy (non-hydrogen) atoms. The normalized spacial score (nSPS) is 13.6. The number of carbonyl (C=O) groups is 1. The number of aromatic nitrogens is 3. The average molecular weight is 385 g/mol. The summed E-state index contributed by atoms with van der Waals surface area (Å²) >= 11 is 5.93. The summed E-state index contributed by atoms with van der Waals surface area (Å²) in [5.41, 5.74) is 2.97. The quantitative estimate of drug-likeness (QED) is 0.663. The number of rotatable bonds is 2. The van der Waals surface area contributed by atoms with Crippen LogP contribution < -0.4 is 4.90 Å². The van der Waals surface area contributed by atoms with Gasteiger partial charge in [-0.15, -0.1) is 5.10 Å². The lowest BCUT2D eigenvalue weighted by atomic mass is 9.96. The summed E-state index contributed by atoms with van der Waals surface area (Å²) in [7, 11) is 0. The Hall–Kier alpha value is -2.73. The largest absolute Gasteiger partial charge is 0.302 e. The second-order valence-electron chi connectivity index (χ2n) is 6.62. The molecule has 0 unspecified atom stereocenters. The second kappa shape index (κ2) is 6.78. The van der Waals surface area contributed by atoms with Crippen molar-refractivity contribution < 1.29 is 9.18 Å². The van der Waals surface area contributed by atoms with Crippen molar-refractivity contribution in [3.8, 4) is 5.69 Å². The van der Waals surface area contributed by atoms with Crippen LogP contribution in [0.25, 0.3) is 5.69 Å². The average Bonchev–Trinajstić information content (AvgIpc) is 3.06. The van der Waals surface area contributed by atoms with Gasteiger partial charge in [0.1, 0.15) is 11.6 Å². The number of amides is 1. The van der Waals surface area contributed by atoms with Crippen molar-refractivity contribution in [1.82, 2.24) is 14.8 Å². The SMILES string of the molecule is Cc1ccc(F)c2c1CCCN2C(=O)c1nc(C)n(-c2ccc(Cl)cc2)n1. The Morgan fingerprint density at radius 1 is 1.15 bits per heavy atom. The summed E-state index contributed by atoms with van der Waals surface area (Å²) in [6.45, 7) is 4.15. The molecule has 0 radical (unpaired) electrons. The number of carbonyl (C=O) groups excluding carboxylic acids is 1. The maximum absolute atomic E-state index is 14.5. The Morgan fingerprint density at radius 2 is 1.89 bits per heavy atom. The Morgan fingerprint density at radius 3 is 2.63 bits per heavy atom. The second-order valence-corrected chi connectivity index (χ2v) is 7.06. The lowest BCUT2D eigenvalue weighted by Gasteiger charge is -2.30. The zero-order chi connectivity index (χ0) is 19.1. The van der Waals surface area contributed by atoms with Gasteiger partial charge >= 0.3 is 0 Å². The first-order valence-electron chi connectivity index (χ1n) is 8.75. The first-order valence-corrected chi connectivity index (χ1v) is 9.13. The zero-order valence-electron chi connectivity index (χ0n) is 15.0. The van der Waals surface area contributed by atoms with Gasteiger partial charge in [-0.2, -0.15) is 0 Å². The van der Waals surface area contributed by atoms with E-state index in [1.807, 2.05) is 6.92 Å². The molecule has 0 aliphatic carbocycles. The number of anilines is 1. The monoisotopic (exact) mass is 384 g/mol. The molecule has 0 spiro atoms. The Labute approximate surface area is 161 Å². The molecule has 1 aromatic heterocycles. The van der Waals surface area contributed by atoms with Crippen LogP contribution in [0.4, 0.5) is 10.1 Å². The van der Waals surface area contributed by atoms with Gasteiger partial charge in [-0.3, -0.25) is 4.79 Å². The Kier molecular flexibility index (Phi) is 4.44. The summed E-state index contributed by atoms with van der Waals surface area (Å²) in [4.78, 5) is 18.9. The number of fused-ring (bicyclic) bond motifs is 1. The molecule has 2 heterocycles. The molecule has 0 fully saturated rings. The molecule has 7 heteroatoms. The van der Waals surface area contributed by atoms with Gasteiger partial charge < -0.3 is 4.90 Å². The third kappa shape index (κ3) is 3.10. The Balaban J connectivity index is 1.72. The van der Waals surface area contributed by atoms with Crippen LogP contribution in [0.2, 0.25) is 5.02 Å². The predicted octanol–water partition coefficient (Wildman–Crippen LogP) is 4.27. The molecule has 0 saturated carbocycles. The molecule has 1 amide bonds. The van der Waals surface area contributed by atoms with Crippen molar-refractivity contribution >= 4 is 23.2 Å². The van der Waals surface area contributed by atoms with Crippen LogP contribution in [0.15, 0.2) is 36.4 Å². The van der Waals surface area contributed by atoms with Gasteiger partial charge in [-0.05, 0) is 68.1 Å². The van der Waals surface area contributed by atoms with Gasteiger partial charge in [0.2, 0.25) is 5.82 Å². The van der Waals surface area contributed by atoms with E-state index in [0.717, 1.165) is 29.7 Å². The van der Waals surface area contributed by atoms with Crippen LogP contribution in [-0.4, -0.2) is 27.2 Å². The van der Waals surface area contributed by atoms with Crippen molar-refractivity contribution in [2.24, 2.45) is 0 Å². The van der Waals surface area contributed by atoms with Crippen molar-refractivity contribution in [2.45, 2.75) is 26.7 Å². The van der Waals surface area contributed by atoms with E-state index in [1.54, 1.807) is 41.9 Å². The van der Waals surface area contributed by atoms with Gasteiger partial charge in [0.25, 0.3) is 5.91 Å². The summed E-state index contributed by atoms with van der Waals surface area (Å²) in [5.74, 6) is -0.160. The van der Waals surface area contributed by atoms with E-state index < -0.39 is 11.7 Å². The van der Waals surface area contributed by atoms with E-state index in [0.29, 0.717) is 23.1 Å². The lowest BCUT2D eigenvalue weighted by molar-refractivity contribution is 0.0974. The first-order chi connectivity index (χ1) is 13.0. The molecule has 4 rings (SSSR count). The minimum atomic E-state index is -0.392. The highest BCUT2D eigenvalue weighted by atomic mass is 35.5. The third-order valence-electron chi connectivity index (χ3n) is 4.82. The van der Waals surface area contributed by atoms with Crippen molar-refractivity contribution in [3.63, 3.8) is 0 Å². The maximum atomic E-state index is 14.5. The van der Waals surface area contributed by atoms with E-state index in [2.05, 4.69) is 10.1 Å². The number of benzene rings is 2. The summed E-state index contributed by atoms with van der Waals surface area (Å²) < 4.78 is 16.1. The number of hydrogen-bond acceptors (Lipinski definition) is 3. The van der Waals surface area contributed by atoms with Crippen LogP contribution in [0.5, 0.6) is 0 Å². The third-order valence-corrected chi connectivity index (χ3v) is 5.07. The highest BCUT2D eigenvalue weighted by molar-refractivity contribution is 6.30. The molecule has 0 N–H and O–H groups in total. The van der Waals surface area contributed by atoms with Crippen LogP contribution in [0.1, 0.15) is 34.0 Å². The smallest absolute Gasteiger partial charge is 0.298 e. The van der Waals surface area contributed by atoms with E-state index in [4.69, 9.17) is 11.6 Å². The summed E-state index contributed by atoms with van der Waals surface area (Å²) in [6.07, 6.45) is 1.54. The van der Waals surface area contributed by atoms with Crippen molar-refractivity contribution in [2.75, 3.05) is 11.4 Å². The number of hydrogen-bond donors (Lipinski definition) is 0. The molecule has 138 valence electrons. The van der Waals surface area contributed by atoms with Crippen molar-refractivity contribution in [3.05, 3.63) is 70.0 Å². The van der Waals surface area contributed by atoms with E-state index >= 15 is 0 Å².